The molecule has 1 aromatic heterocycles. The zero-order valence-electron chi connectivity index (χ0n) is 8.33. The van der Waals surface area contributed by atoms with Gasteiger partial charge in [0.05, 0.1) is 5.52 Å². The number of fused-ring (bicyclic) bond motifs is 1. The molecule has 0 radical (unpaired) electrons. The molecule has 13 heavy (non-hydrogen) atoms. The van der Waals surface area contributed by atoms with E-state index >= 15 is 0 Å². The Labute approximate surface area is 78.2 Å². The molecular formula is C11H14N2. The number of hydrogen-bond donors (Lipinski definition) is 0. The fourth-order valence-corrected chi connectivity index (χ4v) is 1.71. The molecular weight excluding hydrogens is 160 g/mol. The van der Waals surface area contributed by atoms with E-state index in [4.69, 9.17) is 0 Å². The number of rotatable bonds is 1. The normalized spacial score (nSPS) is 11.0. The fraction of sp³-hybridized carbons (Fsp3) is 0.364. The van der Waals surface area contributed by atoms with Crippen molar-refractivity contribution in [3.05, 3.63) is 29.5 Å². The minimum Gasteiger partial charge on any atom is -0.275 e. The first-order chi connectivity index (χ1) is 6.20. The van der Waals surface area contributed by atoms with E-state index in [1.807, 2.05) is 11.7 Å². The molecule has 2 aromatic rings. The molecule has 0 unspecified atom stereocenters. The topological polar surface area (TPSA) is 17.8 Å². The lowest BCUT2D eigenvalue weighted by molar-refractivity contribution is 0.779. The van der Waals surface area contributed by atoms with E-state index in [9.17, 15) is 0 Å². The van der Waals surface area contributed by atoms with Crippen LogP contribution in [0.3, 0.4) is 0 Å². The maximum absolute atomic E-state index is 4.40. The van der Waals surface area contributed by atoms with E-state index in [1.165, 1.54) is 16.5 Å². The van der Waals surface area contributed by atoms with Crippen LogP contribution in [0.2, 0.25) is 0 Å². The zero-order valence-corrected chi connectivity index (χ0v) is 8.33. The van der Waals surface area contributed by atoms with Gasteiger partial charge in [-0.25, -0.2) is 0 Å². The first-order valence-electron chi connectivity index (χ1n) is 4.63. The van der Waals surface area contributed by atoms with E-state index in [-0.39, 0.29) is 0 Å². The molecule has 0 bridgehead atoms. The summed E-state index contributed by atoms with van der Waals surface area (Å²) in [5.41, 5.74) is 3.78. The molecule has 0 atom stereocenters. The smallest absolute Gasteiger partial charge is 0.0952 e. The molecule has 1 aromatic carbocycles. The van der Waals surface area contributed by atoms with Crippen molar-refractivity contribution in [3.63, 3.8) is 0 Å². The van der Waals surface area contributed by atoms with Crippen LogP contribution in [-0.2, 0) is 13.5 Å². The van der Waals surface area contributed by atoms with Crippen LogP contribution in [0.5, 0.6) is 0 Å². The minimum absolute atomic E-state index is 1.09. The summed E-state index contributed by atoms with van der Waals surface area (Å²) in [7, 11) is 1.96. The Balaban J connectivity index is 2.75. The van der Waals surface area contributed by atoms with Crippen molar-refractivity contribution in [2.45, 2.75) is 20.3 Å². The number of aryl methyl sites for hydroxylation is 3. The van der Waals surface area contributed by atoms with Crippen LogP contribution in [0.25, 0.3) is 10.9 Å². The molecule has 2 nitrogen and oxygen atoms in total. The molecule has 0 aliphatic heterocycles. The Morgan fingerprint density at radius 2 is 2.15 bits per heavy atom. The Hall–Kier alpha value is -1.31. The lowest BCUT2D eigenvalue weighted by Gasteiger charge is -1.99. The van der Waals surface area contributed by atoms with Crippen LogP contribution in [0.1, 0.15) is 18.1 Å². The Morgan fingerprint density at radius 3 is 2.85 bits per heavy atom. The van der Waals surface area contributed by atoms with Gasteiger partial charge in [0, 0.05) is 18.6 Å². The molecule has 0 N–H and O–H groups in total. The first-order valence-corrected chi connectivity index (χ1v) is 4.63. The van der Waals surface area contributed by atoms with Gasteiger partial charge in [-0.15, -0.1) is 0 Å². The zero-order chi connectivity index (χ0) is 9.42. The Kier molecular flexibility index (Phi) is 1.83. The van der Waals surface area contributed by atoms with Crippen LogP contribution in [0.4, 0.5) is 0 Å². The minimum atomic E-state index is 1.09. The van der Waals surface area contributed by atoms with Gasteiger partial charge >= 0.3 is 0 Å². The van der Waals surface area contributed by atoms with Crippen LogP contribution in [0.15, 0.2) is 18.3 Å². The number of nitrogens with zero attached hydrogens (tertiary/aromatic N) is 2. The van der Waals surface area contributed by atoms with Crippen molar-refractivity contribution in [2.24, 2.45) is 7.05 Å². The summed E-state index contributed by atoms with van der Waals surface area (Å²) in [5, 5.41) is 5.65. The summed E-state index contributed by atoms with van der Waals surface area (Å²) in [5.74, 6) is 0. The number of benzene rings is 1. The van der Waals surface area contributed by atoms with Crippen LogP contribution in [-0.4, -0.2) is 9.78 Å². The van der Waals surface area contributed by atoms with Gasteiger partial charge in [0.25, 0.3) is 0 Å². The molecule has 1 heterocycles. The highest BCUT2D eigenvalue weighted by atomic mass is 15.2. The van der Waals surface area contributed by atoms with Gasteiger partial charge in [-0.2, -0.15) is 5.10 Å². The van der Waals surface area contributed by atoms with Gasteiger partial charge in [0.2, 0.25) is 0 Å². The van der Waals surface area contributed by atoms with Gasteiger partial charge in [0.15, 0.2) is 0 Å². The molecule has 0 aliphatic carbocycles. The fourth-order valence-electron chi connectivity index (χ4n) is 1.71. The Bertz CT molecular complexity index is 441. The summed E-state index contributed by atoms with van der Waals surface area (Å²) in [6, 6.07) is 4.44. The number of aromatic nitrogens is 2. The maximum atomic E-state index is 4.40. The van der Waals surface area contributed by atoms with E-state index in [0.717, 1.165) is 11.9 Å². The summed E-state index contributed by atoms with van der Waals surface area (Å²) in [4.78, 5) is 0. The summed E-state index contributed by atoms with van der Waals surface area (Å²) in [6.07, 6.45) is 3.16. The molecule has 0 spiro atoms. The van der Waals surface area contributed by atoms with Crippen LogP contribution in [0, 0.1) is 6.92 Å². The summed E-state index contributed by atoms with van der Waals surface area (Å²) >= 11 is 0. The predicted octanol–water partition coefficient (Wildman–Crippen LogP) is 2.44. The van der Waals surface area contributed by atoms with E-state index in [1.54, 1.807) is 0 Å². The van der Waals surface area contributed by atoms with E-state index < -0.39 is 0 Å². The van der Waals surface area contributed by atoms with Gasteiger partial charge in [-0.05, 0) is 30.5 Å². The SMILES string of the molecule is CCc1cc(C)c2nn(C)cc2c1. The quantitative estimate of drug-likeness (QED) is 0.649. The van der Waals surface area contributed by atoms with Crippen molar-refractivity contribution >= 4 is 10.9 Å². The van der Waals surface area contributed by atoms with E-state index in [0.29, 0.717) is 0 Å². The van der Waals surface area contributed by atoms with E-state index in [2.05, 4.69) is 37.3 Å². The molecule has 68 valence electrons. The van der Waals surface area contributed by atoms with Crippen LogP contribution >= 0.6 is 0 Å². The molecule has 0 aliphatic rings. The molecule has 2 rings (SSSR count). The summed E-state index contributed by atoms with van der Waals surface area (Å²) < 4.78 is 1.87. The molecule has 0 fully saturated rings. The van der Waals surface area contributed by atoms with Gasteiger partial charge < -0.3 is 0 Å². The third kappa shape index (κ3) is 1.32. The van der Waals surface area contributed by atoms with Gasteiger partial charge in [-0.1, -0.05) is 13.0 Å². The lowest BCUT2D eigenvalue weighted by Crippen LogP contribution is -1.86. The van der Waals surface area contributed by atoms with Gasteiger partial charge in [0.1, 0.15) is 0 Å². The largest absolute Gasteiger partial charge is 0.275 e. The number of hydrogen-bond acceptors (Lipinski definition) is 1. The maximum Gasteiger partial charge on any atom is 0.0952 e. The third-order valence-corrected chi connectivity index (χ3v) is 2.38. The second-order valence-electron chi connectivity index (χ2n) is 3.51. The van der Waals surface area contributed by atoms with Crippen molar-refractivity contribution in [1.82, 2.24) is 9.78 Å². The second-order valence-corrected chi connectivity index (χ2v) is 3.51. The van der Waals surface area contributed by atoms with Crippen molar-refractivity contribution in [3.8, 4) is 0 Å². The first kappa shape index (κ1) is 8.30. The third-order valence-electron chi connectivity index (χ3n) is 2.38. The average molecular weight is 174 g/mol. The molecule has 0 saturated heterocycles. The van der Waals surface area contributed by atoms with Crippen molar-refractivity contribution in [2.75, 3.05) is 0 Å². The van der Waals surface area contributed by atoms with Gasteiger partial charge in [-0.3, -0.25) is 4.68 Å². The predicted molar refractivity (Wildman–Crippen MR) is 54.8 cm³/mol. The second kappa shape index (κ2) is 2.87. The lowest BCUT2D eigenvalue weighted by atomic mass is 10.1. The molecule has 2 heteroatoms. The average Bonchev–Trinajstić information content (AvgIpc) is 2.46. The Morgan fingerprint density at radius 1 is 1.38 bits per heavy atom. The molecule has 0 amide bonds. The van der Waals surface area contributed by atoms with Crippen molar-refractivity contribution in [1.29, 1.82) is 0 Å². The highest BCUT2D eigenvalue weighted by Crippen LogP contribution is 2.18. The monoisotopic (exact) mass is 174 g/mol. The highest BCUT2D eigenvalue weighted by molar-refractivity contribution is 5.82. The molecule has 0 saturated carbocycles. The standard InChI is InChI=1S/C11H14N2/c1-4-9-5-8(2)11-10(6-9)7-13(3)12-11/h5-7H,4H2,1-3H3. The summed E-state index contributed by atoms with van der Waals surface area (Å²) in [6.45, 7) is 4.30. The van der Waals surface area contributed by atoms with Crippen LogP contribution < -0.4 is 0 Å². The highest BCUT2D eigenvalue weighted by Gasteiger charge is 2.02. The van der Waals surface area contributed by atoms with Crippen molar-refractivity contribution < 1.29 is 0 Å².